The number of aryl methyl sites for hydroxylation is 1. The monoisotopic (exact) mass is 292 g/mol. The van der Waals surface area contributed by atoms with Crippen molar-refractivity contribution in [1.29, 1.82) is 0 Å². The molecule has 2 atom stereocenters. The molecule has 110 valence electrons. The molecule has 0 bridgehead atoms. The van der Waals surface area contributed by atoms with Crippen LogP contribution in [0.4, 0.5) is 0 Å². The van der Waals surface area contributed by atoms with E-state index < -0.39 is 0 Å². The number of benzene rings is 1. The normalized spacial score (nSPS) is 27.8. The van der Waals surface area contributed by atoms with Crippen molar-refractivity contribution in [1.82, 2.24) is 10.2 Å². The molecule has 1 aliphatic carbocycles. The van der Waals surface area contributed by atoms with Crippen LogP contribution in [-0.4, -0.2) is 31.1 Å². The van der Waals surface area contributed by atoms with Crippen LogP contribution >= 0.6 is 11.6 Å². The third kappa shape index (κ3) is 2.88. The zero-order valence-corrected chi connectivity index (χ0v) is 13.3. The number of nitrogens with one attached hydrogen (secondary N) is 1. The second-order valence-corrected chi connectivity index (χ2v) is 6.79. The highest BCUT2D eigenvalue weighted by molar-refractivity contribution is 6.31. The highest BCUT2D eigenvalue weighted by Crippen LogP contribution is 2.43. The number of nitrogens with zero attached hydrogens (tertiary/aromatic N) is 1. The van der Waals surface area contributed by atoms with Crippen molar-refractivity contribution in [2.24, 2.45) is 5.92 Å². The summed E-state index contributed by atoms with van der Waals surface area (Å²) in [7, 11) is 2.06. The molecular weight excluding hydrogens is 268 g/mol. The van der Waals surface area contributed by atoms with Gasteiger partial charge in [-0.1, -0.05) is 23.7 Å². The minimum absolute atomic E-state index is 0.543. The molecule has 0 amide bonds. The first kappa shape index (κ1) is 14.4. The van der Waals surface area contributed by atoms with Gasteiger partial charge in [0.25, 0.3) is 0 Å². The molecule has 0 spiro atoms. The lowest BCUT2D eigenvalue weighted by atomic mass is 9.84. The van der Waals surface area contributed by atoms with E-state index in [1.165, 1.54) is 43.4 Å². The van der Waals surface area contributed by atoms with E-state index in [0.717, 1.165) is 17.6 Å². The zero-order chi connectivity index (χ0) is 14.1. The second-order valence-electron chi connectivity index (χ2n) is 6.38. The average molecular weight is 293 g/mol. The molecule has 1 aromatic rings. The predicted molar refractivity (Wildman–Crippen MR) is 85.3 cm³/mol. The van der Waals surface area contributed by atoms with Crippen LogP contribution in [0.2, 0.25) is 5.02 Å². The van der Waals surface area contributed by atoms with E-state index in [4.69, 9.17) is 11.6 Å². The van der Waals surface area contributed by atoms with Crippen LogP contribution in [0.3, 0.4) is 0 Å². The van der Waals surface area contributed by atoms with E-state index in [0.29, 0.717) is 12.0 Å². The summed E-state index contributed by atoms with van der Waals surface area (Å²) in [5.74, 6) is 0.702. The average Bonchev–Trinajstić information content (AvgIpc) is 3.27. The van der Waals surface area contributed by atoms with Gasteiger partial charge in [0.15, 0.2) is 0 Å². The van der Waals surface area contributed by atoms with Crippen molar-refractivity contribution in [2.45, 2.75) is 44.7 Å². The van der Waals surface area contributed by atoms with Crippen molar-refractivity contribution < 1.29 is 0 Å². The molecule has 1 aromatic carbocycles. The van der Waals surface area contributed by atoms with Gasteiger partial charge in [0.1, 0.15) is 0 Å². The molecule has 2 aliphatic rings. The van der Waals surface area contributed by atoms with Crippen LogP contribution in [0.25, 0.3) is 0 Å². The van der Waals surface area contributed by atoms with Gasteiger partial charge in [0.05, 0.1) is 0 Å². The van der Waals surface area contributed by atoms with Crippen molar-refractivity contribution >= 4 is 11.6 Å². The third-order valence-electron chi connectivity index (χ3n) is 4.81. The fraction of sp³-hybridized carbons (Fsp3) is 0.647. The lowest BCUT2D eigenvalue weighted by Gasteiger charge is -2.42. The number of piperidine rings is 1. The number of hydrogen-bond acceptors (Lipinski definition) is 2. The molecule has 2 nitrogen and oxygen atoms in total. The SMILES string of the molecule is CNCC1CCCN(C2CC2)C1c1ccc(C)c(Cl)c1. The Kier molecular flexibility index (Phi) is 4.34. The van der Waals surface area contributed by atoms with Crippen LogP contribution in [0.15, 0.2) is 18.2 Å². The highest BCUT2D eigenvalue weighted by atomic mass is 35.5. The van der Waals surface area contributed by atoms with Crippen molar-refractivity contribution in [3.63, 3.8) is 0 Å². The molecule has 3 heteroatoms. The third-order valence-corrected chi connectivity index (χ3v) is 5.22. The molecule has 1 heterocycles. The van der Waals surface area contributed by atoms with Crippen molar-refractivity contribution in [2.75, 3.05) is 20.1 Å². The fourth-order valence-corrected chi connectivity index (χ4v) is 3.84. The fourth-order valence-electron chi connectivity index (χ4n) is 3.65. The second kappa shape index (κ2) is 6.05. The van der Waals surface area contributed by atoms with Gasteiger partial charge in [-0.2, -0.15) is 0 Å². The molecule has 0 aromatic heterocycles. The molecule has 1 saturated carbocycles. The summed E-state index contributed by atoms with van der Waals surface area (Å²) in [6.07, 6.45) is 5.41. The first-order valence-corrected chi connectivity index (χ1v) is 8.25. The van der Waals surface area contributed by atoms with E-state index in [-0.39, 0.29) is 0 Å². The zero-order valence-electron chi connectivity index (χ0n) is 12.5. The molecule has 3 rings (SSSR count). The predicted octanol–water partition coefficient (Wildman–Crippen LogP) is 3.78. The molecule has 1 aliphatic heterocycles. The van der Waals surface area contributed by atoms with Gasteiger partial charge in [0, 0.05) is 17.1 Å². The van der Waals surface area contributed by atoms with E-state index in [2.05, 4.69) is 42.4 Å². The summed E-state index contributed by atoms with van der Waals surface area (Å²) in [5.41, 5.74) is 2.59. The summed E-state index contributed by atoms with van der Waals surface area (Å²) in [6.45, 7) is 4.43. The lowest BCUT2D eigenvalue weighted by molar-refractivity contribution is 0.0845. The first-order chi connectivity index (χ1) is 9.70. The molecule has 1 saturated heterocycles. The van der Waals surface area contributed by atoms with E-state index >= 15 is 0 Å². The Morgan fingerprint density at radius 1 is 1.30 bits per heavy atom. The summed E-state index contributed by atoms with van der Waals surface area (Å²) in [4.78, 5) is 2.74. The maximum Gasteiger partial charge on any atom is 0.0438 e. The Labute approximate surface area is 127 Å². The molecule has 1 N–H and O–H groups in total. The Hall–Kier alpha value is -0.570. The smallest absolute Gasteiger partial charge is 0.0438 e. The van der Waals surface area contributed by atoms with Crippen LogP contribution in [-0.2, 0) is 0 Å². The van der Waals surface area contributed by atoms with Crippen molar-refractivity contribution in [3.05, 3.63) is 34.3 Å². The lowest BCUT2D eigenvalue weighted by Crippen LogP contribution is -2.43. The Balaban J connectivity index is 1.91. The first-order valence-electron chi connectivity index (χ1n) is 7.87. The molecule has 2 unspecified atom stereocenters. The standard InChI is InChI=1S/C17H25ClN2/c1-12-5-6-13(10-16(12)18)17-14(11-19-2)4-3-9-20(17)15-7-8-15/h5-6,10,14-15,17,19H,3-4,7-9,11H2,1-2H3. The molecule has 20 heavy (non-hydrogen) atoms. The number of rotatable bonds is 4. The maximum absolute atomic E-state index is 6.37. The van der Waals surface area contributed by atoms with E-state index in [9.17, 15) is 0 Å². The van der Waals surface area contributed by atoms with E-state index in [1.807, 2.05) is 0 Å². The van der Waals surface area contributed by atoms with Gasteiger partial charge in [-0.25, -0.2) is 0 Å². The molecule has 0 radical (unpaired) electrons. The maximum atomic E-state index is 6.37. The van der Waals surface area contributed by atoms with Gasteiger partial charge in [-0.15, -0.1) is 0 Å². The Morgan fingerprint density at radius 2 is 2.10 bits per heavy atom. The van der Waals surface area contributed by atoms with Gasteiger partial charge in [-0.05, 0) is 75.9 Å². The highest BCUT2D eigenvalue weighted by Gasteiger charge is 2.40. The summed E-state index contributed by atoms with van der Waals surface area (Å²) >= 11 is 6.37. The molecular formula is C17H25ClN2. The van der Waals surface area contributed by atoms with Gasteiger partial charge >= 0.3 is 0 Å². The topological polar surface area (TPSA) is 15.3 Å². The summed E-state index contributed by atoms with van der Waals surface area (Å²) in [6, 6.07) is 8.02. The number of halogens is 1. The van der Waals surface area contributed by atoms with E-state index in [1.54, 1.807) is 0 Å². The van der Waals surface area contributed by atoms with Crippen LogP contribution in [0, 0.1) is 12.8 Å². The summed E-state index contributed by atoms with van der Waals surface area (Å²) in [5, 5.41) is 4.29. The quantitative estimate of drug-likeness (QED) is 0.908. The van der Waals surface area contributed by atoms with Crippen LogP contribution in [0.1, 0.15) is 42.9 Å². The minimum Gasteiger partial charge on any atom is -0.319 e. The largest absolute Gasteiger partial charge is 0.319 e. The van der Waals surface area contributed by atoms with Crippen LogP contribution in [0.5, 0.6) is 0 Å². The Morgan fingerprint density at radius 3 is 2.75 bits per heavy atom. The summed E-state index contributed by atoms with van der Waals surface area (Å²) < 4.78 is 0. The Bertz CT molecular complexity index is 468. The minimum atomic E-state index is 0.543. The number of likely N-dealkylation sites (tertiary alicyclic amines) is 1. The van der Waals surface area contributed by atoms with Gasteiger partial charge in [-0.3, -0.25) is 4.90 Å². The number of hydrogen-bond donors (Lipinski definition) is 1. The van der Waals surface area contributed by atoms with Gasteiger partial charge < -0.3 is 5.32 Å². The van der Waals surface area contributed by atoms with Crippen molar-refractivity contribution in [3.8, 4) is 0 Å². The molecule has 2 fully saturated rings. The van der Waals surface area contributed by atoms with Gasteiger partial charge in [0.2, 0.25) is 0 Å². The van der Waals surface area contributed by atoms with Crippen LogP contribution < -0.4 is 5.32 Å².